The van der Waals surface area contributed by atoms with E-state index in [-0.39, 0.29) is 24.1 Å². The number of carboxylic acids is 1. The molecular formula is C22H29N3O4. The molecule has 1 aromatic heterocycles. The summed E-state index contributed by atoms with van der Waals surface area (Å²) in [5.41, 5.74) is 2.02. The lowest BCUT2D eigenvalue weighted by Gasteiger charge is -2.32. The molecule has 29 heavy (non-hydrogen) atoms. The molecule has 1 aliphatic heterocycles. The van der Waals surface area contributed by atoms with E-state index in [2.05, 4.69) is 25.0 Å². The number of amides is 1. The van der Waals surface area contributed by atoms with Crippen molar-refractivity contribution in [3.63, 3.8) is 0 Å². The van der Waals surface area contributed by atoms with Crippen LogP contribution in [-0.2, 0) is 4.79 Å². The Balaban J connectivity index is 1.55. The molecule has 7 heteroatoms. The van der Waals surface area contributed by atoms with Gasteiger partial charge in [-0.25, -0.2) is 4.79 Å². The first-order valence-corrected chi connectivity index (χ1v) is 10.2. The highest BCUT2D eigenvalue weighted by Crippen LogP contribution is 2.29. The number of carbonyl (C=O) groups excluding carboxylic acids is 1. The lowest BCUT2D eigenvalue weighted by molar-refractivity contribution is -0.134. The number of carbonyl (C=O) groups is 2. The van der Waals surface area contributed by atoms with Gasteiger partial charge >= 0.3 is 5.97 Å². The molecule has 1 aromatic carbocycles. The minimum absolute atomic E-state index is 0.0224. The first-order chi connectivity index (χ1) is 13.9. The fraction of sp³-hybridized carbons (Fsp3) is 0.500. The van der Waals surface area contributed by atoms with Crippen molar-refractivity contribution in [2.45, 2.75) is 52.0 Å². The van der Waals surface area contributed by atoms with E-state index in [0.717, 1.165) is 30.6 Å². The number of rotatable bonds is 7. The number of aromatic carboxylic acids is 1. The van der Waals surface area contributed by atoms with Crippen molar-refractivity contribution in [1.82, 2.24) is 14.7 Å². The molecule has 2 heterocycles. The Morgan fingerprint density at radius 3 is 2.59 bits per heavy atom. The predicted molar refractivity (Wildman–Crippen MR) is 109 cm³/mol. The number of aromatic nitrogens is 2. The maximum Gasteiger partial charge on any atom is 0.339 e. The molecule has 3 rings (SSSR count). The second-order valence-corrected chi connectivity index (χ2v) is 7.64. The Bertz CT molecular complexity index is 869. The molecule has 1 saturated heterocycles. The van der Waals surface area contributed by atoms with Gasteiger partial charge in [0.05, 0.1) is 17.9 Å². The highest BCUT2D eigenvalue weighted by atomic mass is 16.5. The Kier molecular flexibility index (Phi) is 6.56. The summed E-state index contributed by atoms with van der Waals surface area (Å²) in [6.45, 7) is 7.32. The molecule has 7 nitrogen and oxygen atoms in total. The van der Waals surface area contributed by atoms with Gasteiger partial charge in [0, 0.05) is 13.1 Å². The average molecular weight is 399 g/mol. The predicted octanol–water partition coefficient (Wildman–Crippen LogP) is 3.65. The highest BCUT2D eigenvalue weighted by Gasteiger charge is 2.27. The van der Waals surface area contributed by atoms with Crippen molar-refractivity contribution in [2.24, 2.45) is 0 Å². The summed E-state index contributed by atoms with van der Waals surface area (Å²) in [4.78, 5) is 25.7. The van der Waals surface area contributed by atoms with Crippen LogP contribution in [0.15, 0.2) is 30.5 Å². The van der Waals surface area contributed by atoms with Crippen LogP contribution in [0.2, 0.25) is 0 Å². The zero-order valence-corrected chi connectivity index (χ0v) is 17.3. The minimum atomic E-state index is -0.962. The second-order valence-electron chi connectivity index (χ2n) is 7.64. The van der Waals surface area contributed by atoms with Gasteiger partial charge in [0.1, 0.15) is 11.3 Å². The van der Waals surface area contributed by atoms with Crippen molar-refractivity contribution < 1.29 is 19.4 Å². The van der Waals surface area contributed by atoms with E-state index in [4.69, 9.17) is 4.74 Å². The number of benzene rings is 1. The third-order valence-corrected chi connectivity index (χ3v) is 5.85. The maximum absolute atomic E-state index is 12.6. The summed E-state index contributed by atoms with van der Waals surface area (Å²) in [5, 5.41) is 13.4. The van der Waals surface area contributed by atoms with Crippen molar-refractivity contribution in [3.8, 4) is 5.75 Å². The van der Waals surface area contributed by atoms with Gasteiger partial charge in [0.2, 0.25) is 0 Å². The molecule has 0 radical (unpaired) electrons. The fourth-order valence-corrected chi connectivity index (χ4v) is 3.83. The van der Waals surface area contributed by atoms with Gasteiger partial charge in [0.15, 0.2) is 6.61 Å². The molecule has 156 valence electrons. The molecule has 2 aromatic rings. The smallest absolute Gasteiger partial charge is 0.339 e. The Morgan fingerprint density at radius 2 is 1.97 bits per heavy atom. The normalized spacial score (nSPS) is 15.9. The second kappa shape index (κ2) is 9.11. The minimum Gasteiger partial charge on any atom is -0.483 e. The van der Waals surface area contributed by atoms with E-state index in [9.17, 15) is 14.7 Å². The monoisotopic (exact) mass is 399 g/mol. The zero-order valence-electron chi connectivity index (χ0n) is 17.3. The Labute approximate surface area is 171 Å². The quantitative estimate of drug-likeness (QED) is 0.768. The molecule has 0 saturated carbocycles. The molecule has 1 amide bonds. The summed E-state index contributed by atoms with van der Waals surface area (Å²) in [7, 11) is 0. The third kappa shape index (κ3) is 4.60. The fourth-order valence-electron chi connectivity index (χ4n) is 3.83. The van der Waals surface area contributed by atoms with Gasteiger partial charge in [-0.3, -0.25) is 9.48 Å². The molecule has 0 bridgehead atoms. The third-order valence-electron chi connectivity index (χ3n) is 5.85. The number of hydrogen-bond donors (Lipinski definition) is 1. The number of hydrogen-bond acceptors (Lipinski definition) is 4. The van der Waals surface area contributed by atoms with Crippen LogP contribution in [0.1, 0.15) is 66.7 Å². The van der Waals surface area contributed by atoms with Gasteiger partial charge in [-0.2, -0.15) is 5.10 Å². The summed E-state index contributed by atoms with van der Waals surface area (Å²) < 4.78 is 7.64. The van der Waals surface area contributed by atoms with Crippen LogP contribution < -0.4 is 4.74 Å². The Morgan fingerprint density at radius 1 is 1.28 bits per heavy atom. The molecule has 1 atom stereocenters. The number of para-hydroxylation sites is 1. The summed E-state index contributed by atoms with van der Waals surface area (Å²) in [6, 6.07) is 8.00. The maximum atomic E-state index is 12.6. The van der Waals surface area contributed by atoms with E-state index in [1.165, 1.54) is 6.20 Å². The van der Waals surface area contributed by atoms with E-state index in [0.29, 0.717) is 24.7 Å². The zero-order chi connectivity index (χ0) is 21.0. The van der Waals surface area contributed by atoms with Gasteiger partial charge in [-0.1, -0.05) is 32.0 Å². The van der Waals surface area contributed by atoms with Gasteiger partial charge in [0.25, 0.3) is 5.91 Å². The molecule has 1 fully saturated rings. The van der Waals surface area contributed by atoms with Crippen LogP contribution in [0, 0.1) is 6.92 Å². The van der Waals surface area contributed by atoms with Crippen LogP contribution in [0.3, 0.4) is 0 Å². The number of carboxylic acid groups (broad SMARTS) is 1. The van der Waals surface area contributed by atoms with Crippen LogP contribution in [0.5, 0.6) is 5.75 Å². The number of likely N-dealkylation sites (tertiary alicyclic amines) is 1. The van der Waals surface area contributed by atoms with E-state index < -0.39 is 5.97 Å². The Hall–Kier alpha value is -2.83. The number of ether oxygens (including phenoxy) is 1. The van der Waals surface area contributed by atoms with E-state index in [1.54, 1.807) is 11.6 Å². The molecule has 1 N–H and O–H groups in total. The van der Waals surface area contributed by atoms with Gasteiger partial charge in [-0.15, -0.1) is 0 Å². The molecule has 1 aliphatic rings. The SMILES string of the molecule is CCC(C)c1ccccc1OCC(=O)N1CCC(n2ncc(C(=O)O)c2C)CC1. The molecule has 0 aliphatic carbocycles. The van der Waals surface area contributed by atoms with Crippen LogP contribution in [-0.4, -0.2) is 51.4 Å². The summed E-state index contributed by atoms with van der Waals surface area (Å²) in [5.74, 6) is 0.172. The van der Waals surface area contributed by atoms with E-state index >= 15 is 0 Å². The first kappa shape index (κ1) is 20.9. The van der Waals surface area contributed by atoms with Crippen LogP contribution in [0.25, 0.3) is 0 Å². The number of piperidine rings is 1. The van der Waals surface area contributed by atoms with E-state index in [1.807, 2.05) is 23.1 Å². The standard InChI is InChI=1S/C22H29N3O4/c1-4-15(2)18-7-5-6-8-20(18)29-14-21(26)24-11-9-17(10-12-24)25-16(3)19(13-23-25)22(27)28/h5-8,13,15,17H,4,9-12,14H2,1-3H3,(H,27,28). The summed E-state index contributed by atoms with van der Waals surface area (Å²) >= 11 is 0. The van der Waals surface area contributed by atoms with Crippen LogP contribution >= 0.6 is 0 Å². The lowest BCUT2D eigenvalue weighted by atomic mass is 9.98. The van der Waals surface area contributed by atoms with Crippen molar-refractivity contribution in [1.29, 1.82) is 0 Å². The topological polar surface area (TPSA) is 84.7 Å². The molecular weight excluding hydrogens is 370 g/mol. The highest BCUT2D eigenvalue weighted by molar-refractivity contribution is 5.88. The lowest BCUT2D eigenvalue weighted by Crippen LogP contribution is -2.41. The molecule has 0 spiro atoms. The van der Waals surface area contributed by atoms with Gasteiger partial charge < -0.3 is 14.7 Å². The largest absolute Gasteiger partial charge is 0.483 e. The van der Waals surface area contributed by atoms with Crippen molar-refractivity contribution >= 4 is 11.9 Å². The average Bonchev–Trinajstić information content (AvgIpc) is 3.13. The van der Waals surface area contributed by atoms with Crippen molar-refractivity contribution in [2.75, 3.05) is 19.7 Å². The first-order valence-electron chi connectivity index (χ1n) is 10.2. The summed E-state index contributed by atoms with van der Waals surface area (Å²) in [6.07, 6.45) is 3.91. The van der Waals surface area contributed by atoms with Crippen LogP contribution in [0.4, 0.5) is 0 Å². The van der Waals surface area contributed by atoms with Gasteiger partial charge in [-0.05, 0) is 43.7 Å². The molecule has 1 unspecified atom stereocenters. The van der Waals surface area contributed by atoms with Crippen molar-refractivity contribution in [3.05, 3.63) is 47.3 Å². The number of nitrogens with zero attached hydrogens (tertiary/aromatic N) is 3.